The first-order valence-corrected chi connectivity index (χ1v) is 6.72. The number of nitrogen functional groups attached to an aromatic ring is 1. The molecule has 1 heterocycles. The second-order valence-corrected chi connectivity index (χ2v) is 5.13. The summed E-state index contributed by atoms with van der Waals surface area (Å²) < 4.78 is 7.42. The highest BCUT2D eigenvalue weighted by molar-refractivity contribution is 6.33. The lowest BCUT2D eigenvalue weighted by atomic mass is 10.2. The number of hydrogen-bond donors (Lipinski definition) is 1. The number of ether oxygens (including phenoxy) is 1. The fourth-order valence-electron chi connectivity index (χ4n) is 2.33. The molecule has 2 N–H and O–H groups in total. The summed E-state index contributed by atoms with van der Waals surface area (Å²) in [6.45, 7) is 0.761. The van der Waals surface area contributed by atoms with Gasteiger partial charge in [-0.05, 0) is 42.0 Å². The quantitative estimate of drug-likeness (QED) is 0.741. The van der Waals surface area contributed by atoms with Crippen LogP contribution in [0.15, 0.2) is 48.7 Å². The summed E-state index contributed by atoms with van der Waals surface area (Å²) in [5.74, 6) is 0.867. The Morgan fingerprint density at radius 3 is 2.75 bits per heavy atom. The van der Waals surface area contributed by atoms with Gasteiger partial charge in [-0.2, -0.15) is 0 Å². The fourth-order valence-corrected chi connectivity index (χ4v) is 2.45. The topological polar surface area (TPSA) is 40.2 Å². The van der Waals surface area contributed by atoms with Gasteiger partial charge in [0, 0.05) is 23.6 Å². The van der Waals surface area contributed by atoms with Crippen LogP contribution in [0, 0.1) is 0 Å². The Labute approximate surface area is 122 Å². The van der Waals surface area contributed by atoms with Gasteiger partial charge in [0.2, 0.25) is 0 Å². The number of halogens is 1. The molecule has 0 bridgehead atoms. The summed E-state index contributed by atoms with van der Waals surface area (Å²) in [5.41, 5.74) is 8.75. The largest absolute Gasteiger partial charge is 0.497 e. The lowest BCUT2D eigenvalue weighted by molar-refractivity contribution is 0.415. The summed E-state index contributed by atoms with van der Waals surface area (Å²) in [6, 6.07) is 13.9. The maximum atomic E-state index is 5.95. The van der Waals surface area contributed by atoms with Gasteiger partial charge >= 0.3 is 0 Å². The average molecular weight is 287 g/mol. The van der Waals surface area contributed by atoms with Crippen molar-refractivity contribution in [2.45, 2.75) is 6.54 Å². The van der Waals surface area contributed by atoms with Gasteiger partial charge in [0.15, 0.2) is 0 Å². The number of nitrogens with two attached hydrogens (primary N) is 1. The third-order valence-electron chi connectivity index (χ3n) is 3.39. The smallest absolute Gasteiger partial charge is 0.119 e. The molecule has 0 unspecified atom stereocenters. The molecular formula is C16H15ClN2O. The van der Waals surface area contributed by atoms with Crippen LogP contribution in [-0.4, -0.2) is 11.7 Å². The van der Waals surface area contributed by atoms with Gasteiger partial charge in [0.05, 0.1) is 17.8 Å². The van der Waals surface area contributed by atoms with E-state index in [-0.39, 0.29) is 0 Å². The van der Waals surface area contributed by atoms with E-state index in [2.05, 4.69) is 22.9 Å². The van der Waals surface area contributed by atoms with Crippen LogP contribution in [0.2, 0.25) is 5.02 Å². The Kier molecular flexibility index (Phi) is 3.28. The maximum Gasteiger partial charge on any atom is 0.119 e. The molecule has 0 amide bonds. The molecule has 0 saturated heterocycles. The number of rotatable bonds is 3. The molecule has 2 aromatic carbocycles. The number of fused-ring (bicyclic) bond motifs is 1. The molecule has 20 heavy (non-hydrogen) atoms. The molecule has 0 aliphatic heterocycles. The predicted octanol–water partition coefficient (Wildman–Crippen LogP) is 3.93. The van der Waals surface area contributed by atoms with Crippen molar-refractivity contribution in [3.8, 4) is 5.75 Å². The van der Waals surface area contributed by atoms with Crippen molar-refractivity contribution < 1.29 is 4.74 Å². The number of aromatic nitrogens is 1. The molecular weight excluding hydrogens is 272 g/mol. The van der Waals surface area contributed by atoms with Gasteiger partial charge in [-0.3, -0.25) is 0 Å². The van der Waals surface area contributed by atoms with E-state index in [0.717, 1.165) is 23.2 Å². The summed E-state index contributed by atoms with van der Waals surface area (Å²) in [7, 11) is 1.68. The monoisotopic (exact) mass is 286 g/mol. The highest BCUT2D eigenvalue weighted by atomic mass is 35.5. The second-order valence-electron chi connectivity index (χ2n) is 4.72. The van der Waals surface area contributed by atoms with Crippen molar-refractivity contribution in [2.75, 3.05) is 12.8 Å². The first-order chi connectivity index (χ1) is 9.67. The molecule has 1 aromatic heterocycles. The zero-order valence-corrected chi connectivity index (χ0v) is 11.9. The normalized spacial score (nSPS) is 10.9. The van der Waals surface area contributed by atoms with Crippen molar-refractivity contribution in [3.05, 3.63) is 59.2 Å². The summed E-state index contributed by atoms with van der Waals surface area (Å²) in [4.78, 5) is 0. The third-order valence-corrected chi connectivity index (χ3v) is 3.74. The minimum Gasteiger partial charge on any atom is -0.497 e. The van der Waals surface area contributed by atoms with E-state index < -0.39 is 0 Å². The molecule has 0 atom stereocenters. The highest BCUT2D eigenvalue weighted by Crippen LogP contribution is 2.24. The van der Waals surface area contributed by atoms with Crippen molar-refractivity contribution in [2.24, 2.45) is 0 Å². The molecule has 3 aromatic rings. The number of hydrogen-bond acceptors (Lipinski definition) is 2. The van der Waals surface area contributed by atoms with E-state index >= 15 is 0 Å². The molecule has 3 rings (SSSR count). The van der Waals surface area contributed by atoms with Crippen LogP contribution in [-0.2, 0) is 6.54 Å². The van der Waals surface area contributed by atoms with Gasteiger partial charge in [0.1, 0.15) is 5.75 Å². The average Bonchev–Trinajstić information content (AvgIpc) is 2.85. The Hall–Kier alpha value is -2.13. The molecule has 0 aliphatic carbocycles. The van der Waals surface area contributed by atoms with Crippen LogP contribution in [0.5, 0.6) is 5.75 Å². The van der Waals surface area contributed by atoms with Crippen molar-refractivity contribution in [1.29, 1.82) is 0 Å². The molecule has 0 saturated carbocycles. The minimum absolute atomic E-state index is 0.593. The Morgan fingerprint density at radius 1 is 1.15 bits per heavy atom. The number of anilines is 1. The third kappa shape index (κ3) is 2.32. The van der Waals surface area contributed by atoms with Gasteiger partial charge in [-0.15, -0.1) is 0 Å². The van der Waals surface area contributed by atoms with E-state index in [9.17, 15) is 0 Å². The summed E-state index contributed by atoms with van der Waals surface area (Å²) in [5, 5.41) is 1.75. The number of benzene rings is 2. The lowest BCUT2D eigenvalue weighted by Gasteiger charge is -2.08. The minimum atomic E-state index is 0.593. The van der Waals surface area contributed by atoms with Crippen LogP contribution < -0.4 is 10.5 Å². The summed E-state index contributed by atoms with van der Waals surface area (Å²) in [6.07, 6.45) is 2.06. The van der Waals surface area contributed by atoms with E-state index in [0.29, 0.717) is 10.7 Å². The van der Waals surface area contributed by atoms with E-state index in [1.54, 1.807) is 7.11 Å². The van der Waals surface area contributed by atoms with Crippen molar-refractivity contribution in [3.63, 3.8) is 0 Å². The second kappa shape index (κ2) is 5.10. The van der Waals surface area contributed by atoms with Crippen LogP contribution in [0.4, 0.5) is 5.69 Å². The summed E-state index contributed by atoms with van der Waals surface area (Å²) >= 11 is 5.95. The van der Waals surface area contributed by atoms with E-state index in [1.165, 1.54) is 5.52 Å². The standard InChI is InChI=1S/C16H15ClN2O/c1-20-13-3-5-16-12(9-13)6-7-19(16)10-11-2-4-14(17)15(18)8-11/h2-9H,10,18H2,1H3. The van der Waals surface area contributed by atoms with Crippen molar-refractivity contribution >= 4 is 28.2 Å². The molecule has 0 spiro atoms. The van der Waals surface area contributed by atoms with Gasteiger partial charge in [-0.25, -0.2) is 0 Å². The van der Waals surface area contributed by atoms with Gasteiger partial charge in [0.25, 0.3) is 0 Å². The molecule has 0 fully saturated rings. The van der Waals surface area contributed by atoms with Crippen molar-refractivity contribution in [1.82, 2.24) is 4.57 Å². The zero-order valence-electron chi connectivity index (χ0n) is 11.1. The first-order valence-electron chi connectivity index (χ1n) is 6.34. The Balaban J connectivity index is 1.96. The Bertz CT molecular complexity index is 764. The fraction of sp³-hybridized carbons (Fsp3) is 0.125. The van der Waals surface area contributed by atoms with E-state index in [4.69, 9.17) is 22.1 Å². The molecule has 0 aliphatic rings. The lowest BCUT2D eigenvalue weighted by Crippen LogP contribution is -1.99. The predicted molar refractivity (Wildman–Crippen MR) is 83.5 cm³/mol. The van der Waals surface area contributed by atoms with Gasteiger partial charge < -0.3 is 15.0 Å². The molecule has 0 radical (unpaired) electrons. The maximum absolute atomic E-state index is 5.95. The number of methoxy groups -OCH3 is 1. The zero-order chi connectivity index (χ0) is 14.1. The number of nitrogens with zero attached hydrogens (tertiary/aromatic N) is 1. The molecule has 3 nitrogen and oxygen atoms in total. The van der Waals surface area contributed by atoms with Crippen LogP contribution in [0.1, 0.15) is 5.56 Å². The SMILES string of the molecule is COc1ccc2c(ccn2Cc2ccc(Cl)c(N)c2)c1. The van der Waals surface area contributed by atoms with Crippen LogP contribution in [0.25, 0.3) is 10.9 Å². The molecule has 102 valence electrons. The highest BCUT2D eigenvalue weighted by Gasteiger charge is 2.04. The molecule has 4 heteroatoms. The van der Waals surface area contributed by atoms with Gasteiger partial charge in [-0.1, -0.05) is 17.7 Å². The first kappa shape index (κ1) is 12.9. The van der Waals surface area contributed by atoms with Crippen LogP contribution in [0.3, 0.4) is 0 Å². The van der Waals surface area contributed by atoms with E-state index in [1.807, 2.05) is 30.3 Å². The van der Waals surface area contributed by atoms with Crippen LogP contribution >= 0.6 is 11.6 Å². The Morgan fingerprint density at radius 2 is 2.00 bits per heavy atom.